The monoisotopic (exact) mass is 168 g/mol. The molecule has 0 unspecified atom stereocenters. The Balaban J connectivity index is 2.15. The number of nitrogens with two attached hydrogens (primary N) is 1. The summed E-state index contributed by atoms with van der Waals surface area (Å²) in [6, 6.07) is 0. The fourth-order valence-corrected chi connectivity index (χ4v) is 1.37. The third-order valence-corrected chi connectivity index (χ3v) is 2.07. The van der Waals surface area contributed by atoms with E-state index in [1.807, 2.05) is 6.08 Å². The zero-order valence-electron chi connectivity index (χ0n) is 7.33. The van der Waals surface area contributed by atoms with E-state index in [0.717, 1.165) is 6.54 Å². The predicted molar refractivity (Wildman–Crippen MR) is 48.9 cm³/mol. The van der Waals surface area contributed by atoms with E-state index in [1.165, 1.54) is 25.9 Å². The van der Waals surface area contributed by atoms with Crippen LogP contribution in [0.2, 0.25) is 0 Å². The van der Waals surface area contributed by atoms with Crippen molar-refractivity contribution in [3.8, 4) is 0 Å². The maximum absolute atomic E-state index is 10.8. The van der Waals surface area contributed by atoms with Crippen molar-refractivity contribution in [3.63, 3.8) is 0 Å². The molecule has 1 fully saturated rings. The van der Waals surface area contributed by atoms with Crippen LogP contribution in [0.5, 0.6) is 0 Å². The van der Waals surface area contributed by atoms with Crippen molar-refractivity contribution < 1.29 is 4.79 Å². The van der Waals surface area contributed by atoms with Gasteiger partial charge in [0.25, 0.3) is 0 Å². The zero-order valence-corrected chi connectivity index (χ0v) is 7.33. The van der Waals surface area contributed by atoms with Crippen LogP contribution in [0.25, 0.3) is 0 Å². The maximum atomic E-state index is 10.8. The summed E-state index contributed by atoms with van der Waals surface area (Å²) in [5.41, 5.74) is 5.15. The summed E-state index contributed by atoms with van der Waals surface area (Å²) in [5.74, 6) is 0.00852. The molecule has 0 amide bonds. The molecule has 0 aromatic carbocycles. The average molecular weight is 168 g/mol. The highest BCUT2D eigenvalue weighted by Crippen LogP contribution is 2.05. The Hall–Kier alpha value is -0.670. The maximum Gasteiger partial charge on any atom is 0.168 e. The van der Waals surface area contributed by atoms with Gasteiger partial charge in [0.05, 0.1) is 6.54 Å². The summed E-state index contributed by atoms with van der Waals surface area (Å²) in [4.78, 5) is 13.1. The highest BCUT2D eigenvalue weighted by Gasteiger charge is 2.08. The third kappa shape index (κ3) is 3.15. The molecule has 1 saturated heterocycles. The standard InChI is InChI=1S/C9H16N2O/c10-8-9(12)4-3-7-11-5-1-2-6-11/h3-4H,1-2,5-8,10H2/b4-3+. The lowest BCUT2D eigenvalue weighted by Gasteiger charge is -2.09. The van der Waals surface area contributed by atoms with Gasteiger partial charge in [-0.1, -0.05) is 6.08 Å². The number of hydrogen-bond donors (Lipinski definition) is 1. The summed E-state index contributed by atoms with van der Waals surface area (Å²) in [5, 5.41) is 0. The predicted octanol–water partition coefficient (Wildman–Crippen LogP) is 0.166. The Kier molecular flexibility index (Phi) is 3.97. The van der Waals surface area contributed by atoms with Crippen molar-refractivity contribution in [1.29, 1.82) is 0 Å². The van der Waals surface area contributed by atoms with Crippen LogP contribution in [0.4, 0.5) is 0 Å². The molecule has 0 spiro atoms. The molecule has 0 saturated carbocycles. The molecule has 0 aromatic heterocycles. The van der Waals surface area contributed by atoms with Gasteiger partial charge in [-0.05, 0) is 32.0 Å². The van der Waals surface area contributed by atoms with Gasteiger partial charge < -0.3 is 5.73 Å². The van der Waals surface area contributed by atoms with Crippen molar-refractivity contribution >= 4 is 5.78 Å². The lowest BCUT2D eigenvalue weighted by atomic mass is 10.3. The Morgan fingerprint density at radius 3 is 2.67 bits per heavy atom. The summed E-state index contributed by atoms with van der Waals surface area (Å²) in [6.07, 6.45) is 6.07. The first-order valence-electron chi connectivity index (χ1n) is 4.44. The van der Waals surface area contributed by atoms with Crippen molar-refractivity contribution in [2.45, 2.75) is 12.8 Å². The van der Waals surface area contributed by atoms with E-state index in [2.05, 4.69) is 4.90 Å². The summed E-state index contributed by atoms with van der Waals surface area (Å²) in [7, 11) is 0. The number of ketones is 1. The lowest BCUT2D eigenvalue weighted by Crippen LogP contribution is -2.19. The van der Waals surface area contributed by atoms with E-state index in [0.29, 0.717) is 0 Å². The molecule has 3 heteroatoms. The fourth-order valence-electron chi connectivity index (χ4n) is 1.37. The highest BCUT2D eigenvalue weighted by atomic mass is 16.1. The molecule has 1 rings (SSSR count). The second-order valence-corrected chi connectivity index (χ2v) is 3.08. The Morgan fingerprint density at radius 1 is 1.42 bits per heavy atom. The molecule has 12 heavy (non-hydrogen) atoms. The molecular formula is C9H16N2O. The topological polar surface area (TPSA) is 46.3 Å². The van der Waals surface area contributed by atoms with E-state index >= 15 is 0 Å². The second kappa shape index (κ2) is 5.06. The van der Waals surface area contributed by atoms with Crippen molar-refractivity contribution in [2.75, 3.05) is 26.2 Å². The van der Waals surface area contributed by atoms with Gasteiger partial charge in [0.15, 0.2) is 5.78 Å². The Labute approximate surface area is 73.2 Å². The van der Waals surface area contributed by atoms with E-state index < -0.39 is 0 Å². The van der Waals surface area contributed by atoms with Crippen LogP contribution in [0.3, 0.4) is 0 Å². The SMILES string of the molecule is NCC(=O)/C=C/CN1CCCC1. The lowest BCUT2D eigenvalue weighted by molar-refractivity contribution is -0.113. The van der Waals surface area contributed by atoms with Crippen LogP contribution in [-0.2, 0) is 4.79 Å². The smallest absolute Gasteiger partial charge is 0.168 e. The minimum atomic E-state index is 0.00852. The molecule has 1 heterocycles. The van der Waals surface area contributed by atoms with Crippen LogP contribution < -0.4 is 5.73 Å². The fraction of sp³-hybridized carbons (Fsp3) is 0.667. The third-order valence-electron chi connectivity index (χ3n) is 2.07. The summed E-state index contributed by atoms with van der Waals surface area (Å²) in [6.45, 7) is 3.35. The molecule has 3 nitrogen and oxygen atoms in total. The summed E-state index contributed by atoms with van der Waals surface area (Å²) >= 11 is 0. The van der Waals surface area contributed by atoms with E-state index in [1.54, 1.807) is 6.08 Å². The molecule has 0 aromatic rings. The van der Waals surface area contributed by atoms with Gasteiger partial charge in [-0.2, -0.15) is 0 Å². The molecule has 1 aliphatic heterocycles. The van der Waals surface area contributed by atoms with Crippen molar-refractivity contribution in [2.24, 2.45) is 5.73 Å². The number of rotatable bonds is 4. The highest BCUT2D eigenvalue weighted by molar-refractivity contribution is 5.91. The minimum Gasteiger partial charge on any atom is -0.324 e. The zero-order chi connectivity index (χ0) is 8.81. The molecule has 68 valence electrons. The van der Waals surface area contributed by atoms with E-state index in [-0.39, 0.29) is 12.3 Å². The van der Waals surface area contributed by atoms with Crippen LogP contribution in [0, 0.1) is 0 Å². The van der Waals surface area contributed by atoms with Crippen LogP contribution >= 0.6 is 0 Å². The molecule has 0 aliphatic carbocycles. The van der Waals surface area contributed by atoms with Crippen molar-refractivity contribution in [3.05, 3.63) is 12.2 Å². The molecule has 0 atom stereocenters. The number of carbonyl (C=O) groups is 1. The molecular weight excluding hydrogens is 152 g/mol. The first-order valence-corrected chi connectivity index (χ1v) is 4.44. The second-order valence-electron chi connectivity index (χ2n) is 3.08. The van der Waals surface area contributed by atoms with Gasteiger partial charge in [0, 0.05) is 6.54 Å². The van der Waals surface area contributed by atoms with Gasteiger partial charge >= 0.3 is 0 Å². The van der Waals surface area contributed by atoms with Gasteiger partial charge in [-0.15, -0.1) is 0 Å². The van der Waals surface area contributed by atoms with Gasteiger partial charge in [-0.3, -0.25) is 9.69 Å². The molecule has 2 N–H and O–H groups in total. The normalized spacial score (nSPS) is 19.1. The van der Waals surface area contributed by atoms with Crippen molar-refractivity contribution in [1.82, 2.24) is 4.90 Å². The number of carbonyl (C=O) groups excluding carboxylic acids is 1. The van der Waals surface area contributed by atoms with E-state index in [4.69, 9.17) is 5.73 Å². The van der Waals surface area contributed by atoms with Crippen LogP contribution in [0.15, 0.2) is 12.2 Å². The average Bonchev–Trinajstić information content (AvgIpc) is 2.57. The van der Waals surface area contributed by atoms with Crippen LogP contribution in [-0.4, -0.2) is 36.9 Å². The Morgan fingerprint density at radius 2 is 2.08 bits per heavy atom. The molecule has 1 aliphatic rings. The van der Waals surface area contributed by atoms with Gasteiger partial charge in [0.2, 0.25) is 0 Å². The van der Waals surface area contributed by atoms with Gasteiger partial charge in [0.1, 0.15) is 0 Å². The molecule has 0 radical (unpaired) electrons. The summed E-state index contributed by atoms with van der Waals surface area (Å²) < 4.78 is 0. The number of hydrogen-bond acceptors (Lipinski definition) is 3. The van der Waals surface area contributed by atoms with E-state index in [9.17, 15) is 4.79 Å². The van der Waals surface area contributed by atoms with Crippen LogP contribution in [0.1, 0.15) is 12.8 Å². The largest absolute Gasteiger partial charge is 0.324 e. The first-order chi connectivity index (χ1) is 5.83. The Bertz CT molecular complexity index is 171. The first kappa shape index (κ1) is 9.42. The minimum absolute atomic E-state index is 0.00852. The quantitative estimate of drug-likeness (QED) is 0.608. The number of likely N-dealkylation sites (tertiary alicyclic amines) is 1. The number of nitrogens with zero attached hydrogens (tertiary/aromatic N) is 1. The van der Waals surface area contributed by atoms with Gasteiger partial charge in [-0.25, -0.2) is 0 Å². The molecule has 0 bridgehead atoms.